The monoisotopic (exact) mass is 758 g/mol. The van der Waals surface area contributed by atoms with Crippen LogP contribution in [-0.4, -0.2) is 66.1 Å². The van der Waals surface area contributed by atoms with E-state index in [1.165, 1.54) is 15.6 Å². The number of ether oxygens (including phenoxy) is 1. The van der Waals surface area contributed by atoms with Crippen molar-refractivity contribution in [1.82, 2.24) is 24.5 Å². The lowest BCUT2D eigenvalue weighted by atomic mass is 9.77. The van der Waals surface area contributed by atoms with Crippen molar-refractivity contribution in [2.24, 2.45) is 0 Å². The van der Waals surface area contributed by atoms with Crippen LogP contribution < -0.4 is 19.7 Å². The fourth-order valence-electron chi connectivity index (χ4n) is 7.60. The lowest BCUT2D eigenvalue weighted by Crippen LogP contribution is -2.64. The summed E-state index contributed by atoms with van der Waals surface area (Å²) in [6.07, 6.45) is 7.59. The normalized spacial score (nSPS) is 22.6. The van der Waals surface area contributed by atoms with Gasteiger partial charge >= 0.3 is 10.2 Å². The van der Waals surface area contributed by atoms with Crippen LogP contribution in [0.25, 0.3) is 21.5 Å². The summed E-state index contributed by atoms with van der Waals surface area (Å²) in [6.45, 7) is 5.27. The van der Waals surface area contributed by atoms with Crippen molar-refractivity contribution in [2.45, 2.75) is 102 Å². The highest BCUT2D eigenvalue weighted by atomic mass is 35.5. The number of halogens is 2. The second-order valence-corrected chi connectivity index (χ2v) is 17.6. The molecule has 1 amide bonds. The summed E-state index contributed by atoms with van der Waals surface area (Å²) in [5, 5.41) is 10.2. The van der Waals surface area contributed by atoms with Gasteiger partial charge in [-0.15, -0.1) is 0 Å². The van der Waals surface area contributed by atoms with Gasteiger partial charge in [0.25, 0.3) is 5.91 Å². The van der Waals surface area contributed by atoms with E-state index >= 15 is 0 Å². The first-order chi connectivity index (χ1) is 24.1. The lowest BCUT2D eigenvalue weighted by molar-refractivity contribution is 0.0978. The average Bonchev–Trinajstić information content (AvgIpc) is 3.71. The SMILES string of the molecule is CC(C)Oc1cc(C(=O)NS(=O)(=O)N2CCCCC2)cc2sc(N3C4CC(NCc5c(-c6c(Cl)cccc6Cl)noc5C5CC5)CC3C4)nc12. The molecule has 2 unspecified atom stereocenters. The van der Waals surface area contributed by atoms with E-state index in [4.69, 9.17) is 37.4 Å². The van der Waals surface area contributed by atoms with Crippen molar-refractivity contribution in [1.29, 1.82) is 0 Å². The first-order valence-electron chi connectivity index (χ1n) is 17.4. The topological polar surface area (TPSA) is 130 Å². The number of hydrogen-bond donors (Lipinski definition) is 2. The number of amides is 1. The van der Waals surface area contributed by atoms with Gasteiger partial charge in [0.15, 0.2) is 5.13 Å². The van der Waals surface area contributed by atoms with Crippen molar-refractivity contribution in [2.75, 3.05) is 18.0 Å². The maximum absolute atomic E-state index is 13.3. The Kier molecular flexibility index (Phi) is 9.26. The molecule has 2 aromatic heterocycles. The van der Waals surface area contributed by atoms with E-state index in [0.29, 0.717) is 76.2 Å². The number of anilines is 1. The van der Waals surface area contributed by atoms with Gasteiger partial charge in [-0.25, -0.2) is 9.71 Å². The number of hydrogen-bond acceptors (Lipinski definition) is 10. The summed E-state index contributed by atoms with van der Waals surface area (Å²) < 4.78 is 42.3. The van der Waals surface area contributed by atoms with E-state index in [0.717, 1.165) is 72.5 Å². The largest absolute Gasteiger partial charge is 0.489 e. The van der Waals surface area contributed by atoms with E-state index in [9.17, 15) is 13.2 Å². The van der Waals surface area contributed by atoms with Gasteiger partial charge < -0.3 is 19.5 Å². The Morgan fingerprint density at radius 3 is 2.48 bits per heavy atom. The van der Waals surface area contributed by atoms with E-state index < -0.39 is 16.1 Å². The number of thiazole rings is 1. The Morgan fingerprint density at radius 2 is 1.80 bits per heavy atom. The molecule has 0 radical (unpaired) electrons. The predicted molar refractivity (Wildman–Crippen MR) is 196 cm³/mol. The standard InChI is InChI=1S/C35H40Cl2N6O5S2/c1-19(2)47-28-13-21(34(44)41-50(45,46)42-11-4-3-5-12-42)14-29-32(28)39-35(49-29)43-23-15-22(16-24(43)17-23)38-18-25-31(40-48-33(25)20-9-10-20)30-26(36)7-6-8-27(30)37/h6-8,13-14,19-20,22-24,38H,3-5,9-12,15-18H2,1-2H3,(H,41,44). The summed E-state index contributed by atoms with van der Waals surface area (Å²) in [5.74, 6) is 1.12. The van der Waals surface area contributed by atoms with Gasteiger partial charge in [-0.3, -0.25) is 4.79 Å². The highest BCUT2D eigenvalue weighted by Gasteiger charge is 2.47. The maximum atomic E-state index is 13.3. The Labute approximate surface area is 305 Å². The molecule has 2 saturated carbocycles. The Balaban J connectivity index is 0.987. The molecule has 5 fully saturated rings. The molecule has 266 valence electrons. The van der Waals surface area contributed by atoms with Gasteiger partial charge in [0.2, 0.25) is 0 Å². The molecular formula is C35H40Cl2N6O5S2. The molecule has 2 aliphatic carbocycles. The predicted octanol–water partition coefficient (Wildman–Crippen LogP) is 7.28. The number of aromatic nitrogens is 2. The van der Waals surface area contributed by atoms with Crippen LogP contribution >= 0.6 is 34.5 Å². The first-order valence-corrected chi connectivity index (χ1v) is 20.4. The molecule has 5 heterocycles. The number of carbonyl (C=O) groups is 1. The first kappa shape index (κ1) is 34.2. The number of piperidine rings is 2. The molecule has 4 aromatic rings. The molecule has 9 rings (SSSR count). The average molecular weight is 760 g/mol. The summed E-state index contributed by atoms with van der Waals surface area (Å²) in [4.78, 5) is 20.7. The van der Waals surface area contributed by atoms with Crippen LogP contribution in [0.15, 0.2) is 34.9 Å². The molecule has 11 nitrogen and oxygen atoms in total. The Morgan fingerprint density at radius 1 is 1.08 bits per heavy atom. The maximum Gasteiger partial charge on any atom is 0.304 e. The molecule has 3 saturated heterocycles. The number of nitrogens with zero attached hydrogens (tertiary/aromatic N) is 4. The number of rotatable bonds is 11. The van der Waals surface area contributed by atoms with E-state index in [1.54, 1.807) is 12.1 Å². The minimum absolute atomic E-state index is 0.158. The van der Waals surface area contributed by atoms with Gasteiger partial charge in [-0.05, 0) is 83.1 Å². The molecule has 0 spiro atoms. The van der Waals surface area contributed by atoms with Gasteiger partial charge in [0.05, 0.1) is 20.8 Å². The summed E-state index contributed by atoms with van der Waals surface area (Å²) in [5.41, 5.74) is 3.37. The van der Waals surface area contributed by atoms with E-state index in [2.05, 4.69) is 20.1 Å². The molecule has 5 aliphatic rings. The van der Waals surface area contributed by atoms with Crippen molar-refractivity contribution in [3.63, 3.8) is 0 Å². The van der Waals surface area contributed by atoms with E-state index in [1.807, 2.05) is 32.0 Å². The van der Waals surface area contributed by atoms with Crippen LogP contribution in [-0.2, 0) is 16.8 Å². The molecule has 50 heavy (non-hydrogen) atoms. The molecule has 2 aromatic carbocycles. The molecule has 3 aliphatic heterocycles. The van der Waals surface area contributed by atoms with Crippen molar-refractivity contribution < 1.29 is 22.5 Å². The third kappa shape index (κ3) is 6.61. The molecule has 2 N–H and O–H groups in total. The zero-order chi connectivity index (χ0) is 34.7. The summed E-state index contributed by atoms with van der Waals surface area (Å²) in [6, 6.07) is 9.76. The van der Waals surface area contributed by atoms with Gasteiger partial charge in [0.1, 0.15) is 22.7 Å². The summed E-state index contributed by atoms with van der Waals surface area (Å²) >= 11 is 14.7. The van der Waals surface area contributed by atoms with Gasteiger partial charge in [-0.1, -0.05) is 52.2 Å². The van der Waals surface area contributed by atoms with Gasteiger partial charge in [-0.2, -0.15) is 12.7 Å². The highest BCUT2D eigenvalue weighted by Crippen LogP contribution is 2.48. The number of fused-ring (bicyclic) bond motifs is 3. The minimum atomic E-state index is -3.94. The summed E-state index contributed by atoms with van der Waals surface area (Å²) in [7, 11) is -3.94. The highest BCUT2D eigenvalue weighted by molar-refractivity contribution is 7.87. The van der Waals surface area contributed by atoms with E-state index in [-0.39, 0.29) is 11.7 Å². The Bertz CT molecular complexity index is 2010. The van der Waals surface area contributed by atoms with Crippen LogP contribution in [0.5, 0.6) is 5.75 Å². The molecule has 15 heteroatoms. The third-order valence-electron chi connectivity index (χ3n) is 10.1. The van der Waals surface area contributed by atoms with Crippen molar-refractivity contribution >= 4 is 66.0 Å². The quantitative estimate of drug-likeness (QED) is 0.162. The second-order valence-electron chi connectivity index (χ2n) is 14.1. The van der Waals surface area contributed by atoms with Crippen molar-refractivity contribution in [3.05, 3.63) is 57.3 Å². The van der Waals surface area contributed by atoms with Crippen LogP contribution in [0.2, 0.25) is 10.0 Å². The smallest absolute Gasteiger partial charge is 0.304 e. The van der Waals surface area contributed by atoms with Gasteiger partial charge in [0, 0.05) is 60.4 Å². The fraction of sp³-hybridized carbons (Fsp3) is 0.514. The number of nitrogens with one attached hydrogen (secondary N) is 2. The van der Waals surface area contributed by atoms with Crippen LogP contribution in [0.4, 0.5) is 5.13 Å². The second kappa shape index (κ2) is 13.6. The van der Waals surface area contributed by atoms with Crippen molar-refractivity contribution in [3.8, 4) is 17.0 Å². The molecular weight excluding hydrogens is 719 g/mol. The Hall–Kier alpha value is -2.94. The minimum Gasteiger partial charge on any atom is -0.489 e. The third-order valence-corrected chi connectivity index (χ3v) is 13.3. The number of benzene rings is 2. The number of carbonyl (C=O) groups excluding carboxylic acids is 1. The molecule has 2 atom stereocenters. The lowest BCUT2D eigenvalue weighted by Gasteiger charge is -2.55. The zero-order valence-electron chi connectivity index (χ0n) is 28.0. The fourth-order valence-corrected chi connectivity index (χ4v) is 10.6. The zero-order valence-corrected chi connectivity index (χ0v) is 31.1. The molecule has 2 bridgehead atoms. The van der Waals surface area contributed by atoms with Crippen LogP contribution in [0.1, 0.15) is 92.8 Å². The van der Waals surface area contributed by atoms with Crippen LogP contribution in [0, 0.1) is 0 Å². The van der Waals surface area contributed by atoms with Crippen LogP contribution in [0.3, 0.4) is 0 Å².